The van der Waals surface area contributed by atoms with Gasteiger partial charge in [-0.25, -0.2) is 0 Å². The minimum Gasteiger partial charge on any atom is -1.00 e. The minimum absolute atomic E-state index is 0. The molecule has 1 saturated heterocycles. The molecule has 1 fully saturated rings. The Bertz CT molecular complexity index is 91.6. The average Bonchev–Trinajstić information content (AvgIpc) is 2.16. The molecule has 10 heavy (non-hydrogen) atoms. The molecule has 0 spiro atoms. The van der Waals surface area contributed by atoms with Gasteiger partial charge in [-0.3, -0.25) is 0 Å². The van der Waals surface area contributed by atoms with Crippen molar-refractivity contribution in [3.63, 3.8) is 0 Å². The number of ether oxygens (including phenoxy) is 1. The van der Waals surface area contributed by atoms with Gasteiger partial charge < -0.3 is 13.9 Å². The van der Waals surface area contributed by atoms with Gasteiger partial charge in [-0.2, -0.15) is 0 Å². The van der Waals surface area contributed by atoms with Crippen LogP contribution in [0.2, 0.25) is 0 Å². The monoisotopic (exact) mass is 149 g/mol. The van der Waals surface area contributed by atoms with Crippen LogP contribution in [0.15, 0.2) is 0 Å². The van der Waals surface area contributed by atoms with E-state index in [0.29, 0.717) is 0 Å². The SMILES string of the molecule is COC[N+]1(C)CCCC1.[F-]. The molecule has 0 radical (unpaired) electrons. The summed E-state index contributed by atoms with van der Waals surface area (Å²) in [5.41, 5.74) is 0. The maximum atomic E-state index is 5.10. The molecule has 0 atom stereocenters. The van der Waals surface area contributed by atoms with Crippen molar-refractivity contribution < 1.29 is 13.9 Å². The van der Waals surface area contributed by atoms with Crippen molar-refractivity contribution in [1.29, 1.82) is 0 Å². The predicted octanol–water partition coefficient (Wildman–Crippen LogP) is -2.17. The summed E-state index contributed by atoms with van der Waals surface area (Å²) in [6.45, 7) is 3.49. The van der Waals surface area contributed by atoms with E-state index in [2.05, 4.69) is 7.05 Å². The number of likely N-dealkylation sites (tertiary alicyclic amines) is 1. The van der Waals surface area contributed by atoms with Crippen LogP contribution in [0.4, 0.5) is 0 Å². The molecule has 3 heteroatoms. The van der Waals surface area contributed by atoms with Gasteiger partial charge in [-0.1, -0.05) is 0 Å². The van der Waals surface area contributed by atoms with Crippen molar-refractivity contribution in [3.8, 4) is 0 Å². The van der Waals surface area contributed by atoms with E-state index in [-0.39, 0.29) is 4.70 Å². The van der Waals surface area contributed by atoms with Gasteiger partial charge in [0.05, 0.1) is 20.1 Å². The molecule has 0 unspecified atom stereocenters. The van der Waals surface area contributed by atoms with E-state index >= 15 is 0 Å². The Hall–Kier alpha value is -0.150. The Morgan fingerprint density at radius 3 is 2.20 bits per heavy atom. The van der Waals surface area contributed by atoms with E-state index in [9.17, 15) is 0 Å². The Morgan fingerprint density at radius 2 is 1.80 bits per heavy atom. The normalized spacial score (nSPS) is 22.2. The first kappa shape index (κ1) is 9.85. The first-order chi connectivity index (χ1) is 4.27. The number of quaternary nitrogens is 1. The third-order valence-corrected chi connectivity index (χ3v) is 2.09. The molecule has 62 valence electrons. The molecule has 1 rings (SSSR count). The summed E-state index contributed by atoms with van der Waals surface area (Å²) in [6.07, 6.45) is 2.75. The second-order valence-corrected chi connectivity index (χ2v) is 3.19. The molecule has 1 heterocycles. The summed E-state index contributed by atoms with van der Waals surface area (Å²) < 4.78 is 6.22. The van der Waals surface area contributed by atoms with E-state index in [1.807, 2.05) is 0 Å². The quantitative estimate of drug-likeness (QED) is 0.406. The zero-order valence-corrected chi connectivity index (χ0v) is 6.77. The molecular formula is C7H16FNO. The van der Waals surface area contributed by atoms with Gasteiger partial charge >= 0.3 is 0 Å². The topological polar surface area (TPSA) is 9.23 Å². The van der Waals surface area contributed by atoms with Crippen molar-refractivity contribution in [2.75, 3.05) is 34.0 Å². The Morgan fingerprint density at radius 1 is 1.30 bits per heavy atom. The van der Waals surface area contributed by atoms with Crippen LogP contribution in [0.3, 0.4) is 0 Å². The number of methoxy groups -OCH3 is 1. The molecule has 0 saturated carbocycles. The Balaban J connectivity index is 0.000000810. The summed E-state index contributed by atoms with van der Waals surface area (Å²) in [6, 6.07) is 0. The fourth-order valence-electron chi connectivity index (χ4n) is 1.54. The van der Waals surface area contributed by atoms with E-state index < -0.39 is 0 Å². The molecule has 0 N–H and O–H groups in total. The van der Waals surface area contributed by atoms with Gasteiger partial charge in [-0.15, -0.1) is 0 Å². The lowest BCUT2D eigenvalue weighted by Crippen LogP contribution is -3.00. The first-order valence-corrected chi connectivity index (χ1v) is 3.59. The van der Waals surface area contributed by atoms with Crippen molar-refractivity contribution in [2.45, 2.75) is 12.8 Å². The van der Waals surface area contributed by atoms with Gasteiger partial charge in [0.15, 0.2) is 6.73 Å². The smallest absolute Gasteiger partial charge is 0.182 e. The van der Waals surface area contributed by atoms with Crippen LogP contribution >= 0.6 is 0 Å². The fraction of sp³-hybridized carbons (Fsp3) is 1.00. The van der Waals surface area contributed by atoms with Crippen molar-refractivity contribution in [2.24, 2.45) is 0 Å². The van der Waals surface area contributed by atoms with Crippen LogP contribution in [0, 0.1) is 0 Å². The Kier molecular flexibility index (Phi) is 3.83. The van der Waals surface area contributed by atoms with Gasteiger partial charge in [0, 0.05) is 20.0 Å². The summed E-state index contributed by atoms with van der Waals surface area (Å²) in [5, 5.41) is 0. The van der Waals surface area contributed by atoms with E-state index in [1.54, 1.807) is 7.11 Å². The summed E-state index contributed by atoms with van der Waals surface area (Å²) in [4.78, 5) is 0. The maximum Gasteiger partial charge on any atom is 0.182 e. The standard InChI is InChI=1S/C7H16NO.FH/c1-8(7-9-2)5-3-4-6-8;/h3-7H2,1-2H3;1H/q+1;/p-1. The first-order valence-electron chi connectivity index (χ1n) is 3.59. The number of rotatable bonds is 2. The highest BCUT2D eigenvalue weighted by molar-refractivity contribution is 4.48. The second kappa shape index (κ2) is 3.88. The molecule has 1 aliphatic rings. The number of nitrogens with zero attached hydrogens (tertiary/aromatic N) is 1. The van der Waals surface area contributed by atoms with E-state index in [4.69, 9.17) is 4.74 Å². The third-order valence-electron chi connectivity index (χ3n) is 2.09. The van der Waals surface area contributed by atoms with Crippen LogP contribution in [-0.2, 0) is 4.74 Å². The van der Waals surface area contributed by atoms with E-state index in [1.165, 1.54) is 25.9 Å². The largest absolute Gasteiger partial charge is 1.00 e. The highest BCUT2D eigenvalue weighted by atomic mass is 19.0. The predicted molar refractivity (Wildman–Crippen MR) is 37.0 cm³/mol. The zero-order chi connectivity index (χ0) is 6.74. The number of hydrogen-bond donors (Lipinski definition) is 0. The molecule has 0 aliphatic carbocycles. The number of hydrogen-bond acceptors (Lipinski definition) is 1. The minimum atomic E-state index is 0. The van der Waals surface area contributed by atoms with Crippen molar-refractivity contribution in [3.05, 3.63) is 0 Å². The van der Waals surface area contributed by atoms with Gasteiger partial charge in [0.1, 0.15) is 0 Å². The van der Waals surface area contributed by atoms with Crippen LogP contribution in [0.25, 0.3) is 0 Å². The number of halogens is 1. The lowest BCUT2D eigenvalue weighted by atomic mass is 10.4. The lowest BCUT2D eigenvalue weighted by molar-refractivity contribution is -0.916. The highest BCUT2D eigenvalue weighted by Crippen LogP contribution is 2.14. The van der Waals surface area contributed by atoms with Crippen LogP contribution in [-0.4, -0.2) is 38.5 Å². The average molecular weight is 149 g/mol. The molecular weight excluding hydrogens is 133 g/mol. The summed E-state index contributed by atoms with van der Waals surface area (Å²) in [7, 11) is 4.04. The molecule has 0 aromatic heterocycles. The zero-order valence-electron chi connectivity index (χ0n) is 6.77. The van der Waals surface area contributed by atoms with E-state index in [0.717, 1.165) is 11.2 Å². The van der Waals surface area contributed by atoms with Gasteiger partial charge in [0.25, 0.3) is 0 Å². The Labute approximate surface area is 61.7 Å². The molecule has 0 amide bonds. The molecule has 0 bridgehead atoms. The third kappa shape index (κ3) is 2.23. The van der Waals surface area contributed by atoms with Crippen molar-refractivity contribution in [1.82, 2.24) is 0 Å². The van der Waals surface area contributed by atoms with Gasteiger partial charge in [-0.05, 0) is 0 Å². The van der Waals surface area contributed by atoms with Crippen LogP contribution in [0.5, 0.6) is 0 Å². The lowest BCUT2D eigenvalue weighted by Gasteiger charge is -2.27. The highest BCUT2D eigenvalue weighted by Gasteiger charge is 2.25. The maximum absolute atomic E-state index is 5.10. The summed E-state index contributed by atoms with van der Waals surface area (Å²) in [5.74, 6) is 0. The molecule has 2 nitrogen and oxygen atoms in total. The molecule has 1 aliphatic heterocycles. The van der Waals surface area contributed by atoms with Gasteiger partial charge in [0.2, 0.25) is 0 Å². The van der Waals surface area contributed by atoms with Crippen LogP contribution < -0.4 is 4.70 Å². The van der Waals surface area contributed by atoms with Crippen molar-refractivity contribution >= 4 is 0 Å². The molecule has 0 aromatic carbocycles. The fourth-order valence-corrected chi connectivity index (χ4v) is 1.54. The molecule has 0 aromatic rings. The second-order valence-electron chi connectivity index (χ2n) is 3.19. The van der Waals surface area contributed by atoms with Crippen LogP contribution in [0.1, 0.15) is 12.8 Å². The summed E-state index contributed by atoms with van der Waals surface area (Å²) >= 11 is 0.